The van der Waals surface area contributed by atoms with Gasteiger partial charge in [0.15, 0.2) is 6.29 Å². The smallest absolute Gasteiger partial charge is 0.407 e. The first-order valence-corrected chi connectivity index (χ1v) is 17.2. The predicted molar refractivity (Wildman–Crippen MR) is 184 cm³/mol. The third kappa shape index (κ3) is 8.50. The molecule has 3 aliphatic heterocycles. The Hall–Kier alpha value is -3.53. The van der Waals surface area contributed by atoms with Crippen molar-refractivity contribution in [1.29, 1.82) is 0 Å². The summed E-state index contributed by atoms with van der Waals surface area (Å²) in [6.07, 6.45) is 5.51. The zero-order valence-corrected chi connectivity index (χ0v) is 27.6. The minimum absolute atomic E-state index is 0.00523. The second-order valence-electron chi connectivity index (χ2n) is 13.2. The molecule has 3 aromatic carbocycles. The zero-order chi connectivity index (χ0) is 32.6. The summed E-state index contributed by atoms with van der Waals surface area (Å²) in [5.41, 5.74) is 6.04. The van der Waals surface area contributed by atoms with Crippen LogP contribution in [0.1, 0.15) is 67.3 Å². The normalized spacial score (nSPS) is 25.1. The molecule has 2 N–H and O–H groups in total. The van der Waals surface area contributed by atoms with Gasteiger partial charge in [-0.25, -0.2) is 4.79 Å². The number of benzene rings is 3. The van der Waals surface area contributed by atoms with Crippen LogP contribution in [0.2, 0.25) is 0 Å². The van der Waals surface area contributed by atoms with Crippen LogP contribution < -0.4 is 5.32 Å². The Kier molecular flexibility index (Phi) is 11.4. The number of hydrogen-bond acceptors (Lipinski definition) is 7. The summed E-state index contributed by atoms with van der Waals surface area (Å²) in [6, 6.07) is 25.2. The maximum atomic E-state index is 11.9. The quantitative estimate of drug-likeness (QED) is 0.216. The minimum Gasteiger partial charge on any atom is -0.445 e. The predicted octanol–water partition coefficient (Wildman–Crippen LogP) is 6.61. The van der Waals surface area contributed by atoms with Crippen LogP contribution in [0.3, 0.4) is 0 Å². The molecule has 250 valence electrons. The number of carbonyl (C=O) groups is 1. The molecule has 3 heterocycles. The molecular weight excluding hydrogens is 590 g/mol. The van der Waals surface area contributed by atoms with E-state index in [0.29, 0.717) is 12.6 Å². The summed E-state index contributed by atoms with van der Waals surface area (Å²) in [5.74, 6) is 0.143. The van der Waals surface area contributed by atoms with Gasteiger partial charge in [0.05, 0.1) is 18.8 Å². The zero-order valence-electron chi connectivity index (χ0n) is 27.6. The molecule has 8 heteroatoms. The fraction of sp³-hybridized carbons (Fsp3) is 0.462. The maximum Gasteiger partial charge on any atom is 0.407 e. The number of aliphatic hydroxyl groups is 1. The van der Waals surface area contributed by atoms with Gasteiger partial charge in [-0.1, -0.05) is 80.2 Å². The number of rotatable bonds is 12. The van der Waals surface area contributed by atoms with E-state index in [9.17, 15) is 9.90 Å². The van der Waals surface area contributed by atoms with Crippen molar-refractivity contribution in [3.63, 3.8) is 0 Å². The number of nitrogens with zero attached hydrogens (tertiary/aromatic N) is 2. The number of ether oxygens (including phenoxy) is 3. The van der Waals surface area contributed by atoms with E-state index in [1.54, 1.807) is 6.08 Å². The summed E-state index contributed by atoms with van der Waals surface area (Å²) in [5, 5.41) is 12.4. The van der Waals surface area contributed by atoms with Gasteiger partial charge in [-0.05, 0) is 85.3 Å². The highest BCUT2D eigenvalue weighted by molar-refractivity contribution is 5.68. The van der Waals surface area contributed by atoms with Crippen molar-refractivity contribution < 1.29 is 24.1 Å². The molecule has 0 unspecified atom stereocenters. The fourth-order valence-corrected chi connectivity index (χ4v) is 7.25. The molecular formula is C39H49N3O5. The van der Waals surface area contributed by atoms with E-state index in [2.05, 4.69) is 77.2 Å². The largest absolute Gasteiger partial charge is 0.445 e. The number of nitrogens with one attached hydrogen (secondary N) is 1. The van der Waals surface area contributed by atoms with E-state index in [-0.39, 0.29) is 31.3 Å². The first-order chi connectivity index (χ1) is 23.0. The Morgan fingerprint density at radius 2 is 1.70 bits per heavy atom. The molecule has 3 fully saturated rings. The topological polar surface area (TPSA) is 83.5 Å². The lowest BCUT2D eigenvalue weighted by molar-refractivity contribution is -0.276. The third-order valence-electron chi connectivity index (χ3n) is 9.89. The molecule has 8 nitrogen and oxygen atoms in total. The van der Waals surface area contributed by atoms with Crippen molar-refractivity contribution in [2.75, 3.05) is 39.3 Å². The molecule has 0 aliphatic carbocycles. The van der Waals surface area contributed by atoms with Crippen LogP contribution in [0.5, 0.6) is 0 Å². The molecule has 1 amide bonds. The second kappa shape index (κ2) is 16.0. The standard InChI is InChI=1S/C39H49N3O5/c1-3-21-45-39(44)40-24-30-9-6-10-32(22-30)33-11-7-12-34(23-33)38-46-36(26-42-20-8-13-35(42)25-41-18-4-5-19-41)28(2)37(47-38)31-16-14-29(27-43)15-17-31/h3,6-7,9-12,14-17,22-23,28,35-38,43H,1,4-5,8,13,18-21,24-27H2,2H3,(H,40,44)/t28-,35-,36+,37+,38+/m0/s1. The van der Waals surface area contributed by atoms with Crippen LogP contribution in [0.15, 0.2) is 85.5 Å². The van der Waals surface area contributed by atoms with Gasteiger partial charge < -0.3 is 29.5 Å². The number of likely N-dealkylation sites (tertiary alicyclic amines) is 2. The average Bonchev–Trinajstić information content (AvgIpc) is 3.80. The van der Waals surface area contributed by atoms with Gasteiger partial charge in [-0.3, -0.25) is 4.90 Å². The lowest BCUT2D eigenvalue weighted by Crippen LogP contribution is -2.48. The van der Waals surface area contributed by atoms with E-state index < -0.39 is 12.4 Å². The summed E-state index contributed by atoms with van der Waals surface area (Å²) >= 11 is 0. The van der Waals surface area contributed by atoms with Crippen molar-refractivity contribution >= 4 is 6.09 Å². The monoisotopic (exact) mass is 639 g/mol. The van der Waals surface area contributed by atoms with Gasteiger partial charge in [0.1, 0.15) is 6.61 Å². The molecule has 3 aliphatic rings. The molecule has 5 atom stereocenters. The van der Waals surface area contributed by atoms with E-state index in [4.69, 9.17) is 14.2 Å². The number of alkyl carbamates (subject to hydrolysis) is 1. The summed E-state index contributed by atoms with van der Waals surface area (Å²) in [4.78, 5) is 17.2. The van der Waals surface area contributed by atoms with Gasteiger partial charge >= 0.3 is 6.09 Å². The second-order valence-corrected chi connectivity index (χ2v) is 13.2. The maximum absolute atomic E-state index is 11.9. The Bertz CT molecular complexity index is 1470. The third-order valence-corrected chi connectivity index (χ3v) is 9.89. The Balaban J connectivity index is 1.22. The fourth-order valence-electron chi connectivity index (χ4n) is 7.25. The molecule has 0 radical (unpaired) electrons. The van der Waals surface area contributed by atoms with E-state index in [1.807, 2.05) is 24.3 Å². The number of hydrogen-bond donors (Lipinski definition) is 2. The van der Waals surface area contributed by atoms with Gasteiger partial charge in [-0.2, -0.15) is 0 Å². The summed E-state index contributed by atoms with van der Waals surface area (Å²) in [6.45, 7) is 12.0. The minimum atomic E-state index is -0.525. The SMILES string of the molecule is C=CCOC(=O)NCc1cccc(-c2cccc([C@@H]3O[C@H](CN4CCC[C@H]4CN4CCCC4)[C@H](C)[C@H](c4ccc(CO)cc4)O3)c2)c1. The molecule has 0 aromatic heterocycles. The number of aliphatic hydroxyl groups excluding tert-OH is 1. The van der Waals surface area contributed by atoms with Crippen LogP contribution in [0.25, 0.3) is 11.1 Å². The molecule has 3 aromatic rings. The molecule has 6 rings (SSSR count). The van der Waals surface area contributed by atoms with Crippen molar-refractivity contribution in [2.24, 2.45) is 5.92 Å². The Labute approximate surface area is 279 Å². The van der Waals surface area contributed by atoms with Crippen molar-refractivity contribution in [2.45, 2.75) is 70.3 Å². The first-order valence-electron chi connectivity index (χ1n) is 17.2. The van der Waals surface area contributed by atoms with Gasteiger partial charge in [0.2, 0.25) is 0 Å². The van der Waals surface area contributed by atoms with E-state index in [0.717, 1.165) is 53.0 Å². The number of carbonyl (C=O) groups excluding carboxylic acids is 1. The highest BCUT2D eigenvalue weighted by Crippen LogP contribution is 2.43. The van der Waals surface area contributed by atoms with Gasteiger partial charge in [0.25, 0.3) is 0 Å². The highest BCUT2D eigenvalue weighted by atomic mass is 16.7. The summed E-state index contributed by atoms with van der Waals surface area (Å²) in [7, 11) is 0. The Morgan fingerprint density at radius 3 is 2.47 bits per heavy atom. The van der Waals surface area contributed by atoms with Crippen LogP contribution in [0.4, 0.5) is 4.79 Å². The van der Waals surface area contributed by atoms with Gasteiger partial charge in [-0.15, -0.1) is 0 Å². The van der Waals surface area contributed by atoms with Crippen LogP contribution in [-0.4, -0.2) is 72.5 Å². The molecule has 0 spiro atoms. The first kappa shape index (κ1) is 33.4. The van der Waals surface area contributed by atoms with Crippen LogP contribution in [-0.2, 0) is 27.4 Å². The summed E-state index contributed by atoms with van der Waals surface area (Å²) < 4.78 is 18.7. The molecule has 0 saturated carbocycles. The lowest BCUT2D eigenvalue weighted by Gasteiger charge is -2.43. The highest BCUT2D eigenvalue weighted by Gasteiger charge is 2.41. The number of amides is 1. The van der Waals surface area contributed by atoms with Crippen LogP contribution in [0, 0.1) is 5.92 Å². The molecule has 3 saturated heterocycles. The van der Waals surface area contributed by atoms with Gasteiger partial charge in [0, 0.05) is 37.2 Å². The molecule has 0 bridgehead atoms. The van der Waals surface area contributed by atoms with E-state index in [1.165, 1.54) is 38.8 Å². The van der Waals surface area contributed by atoms with Crippen molar-refractivity contribution in [3.05, 3.63) is 108 Å². The van der Waals surface area contributed by atoms with Crippen molar-refractivity contribution in [1.82, 2.24) is 15.1 Å². The van der Waals surface area contributed by atoms with Crippen LogP contribution >= 0.6 is 0 Å². The Morgan fingerprint density at radius 1 is 0.936 bits per heavy atom. The van der Waals surface area contributed by atoms with Crippen molar-refractivity contribution in [3.8, 4) is 11.1 Å². The van der Waals surface area contributed by atoms with E-state index >= 15 is 0 Å². The lowest BCUT2D eigenvalue weighted by atomic mass is 9.89. The average molecular weight is 640 g/mol. The molecule has 47 heavy (non-hydrogen) atoms.